The Bertz CT molecular complexity index is 1490. The van der Waals surface area contributed by atoms with Gasteiger partial charge in [-0.05, 0) is 25.7 Å². The van der Waals surface area contributed by atoms with Crippen LogP contribution in [0.25, 0.3) is 11.2 Å². The number of likely N-dealkylation sites (tertiary alicyclic amines) is 1. The molecule has 5 unspecified atom stereocenters. The lowest BCUT2D eigenvalue weighted by Gasteiger charge is -2.27. The molecule has 14 heteroatoms. The van der Waals surface area contributed by atoms with Crippen LogP contribution in [0.3, 0.4) is 0 Å². The molecule has 42 heavy (non-hydrogen) atoms. The second kappa shape index (κ2) is 10.9. The normalized spacial score (nSPS) is 29.2. The summed E-state index contributed by atoms with van der Waals surface area (Å²) in [7, 11) is 0. The molecule has 7 rings (SSSR count). The maximum absolute atomic E-state index is 13.7. The second-order valence-corrected chi connectivity index (χ2v) is 11.0. The second-order valence-electron chi connectivity index (χ2n) is 11.0. The third-order valence-corrected chi connectivity index (χ3v) is 8.44. The van der Waals surface area contributed by atoms with E-state index in [1.165, 1.54) is 17.6 Å². The van der Waals surface area contributed by atoms with E-state index in [2.05, 4.69) is 25.6 Å². The molecule has 0 radical (unpaired) electrons. The van der Waals surface area contributed by atoms with Gasteiger partial charge in [0.25, 0.3) is 5.91 Å². The lowest BCUT2D eigenvalue weighted by atomic mass is 10.1. The van der Waals surface area contributed by atoms with Gasteiger partial charge in [-0.2, -0.15) is 0 Å². The molecule has 1 aromatic carbocycles. The molecular formula is C28H31N7O7. The van der Waals surface area contributed by atoms with Crippen LogP contribution in [0.1, 0.15) is 56.6 Å². The van der Waals surface area contributed by atoms with Crippen LogP contribution in [0.5, 0.6) is 0 Å². The lowest BCUT2D eigenvalue weighted by molar-refractivity contribution is -0.171. The number of ether oxygens (including phenoxy) is 3. The molecule has 6 atom stereocenters. The maximum atomic E-state index is 13.7. The maximum Gasteiger partial charge on any atom is 0.326 e. The Labute approximate surface area is 240 Å². The van der Waals surface area contributed by atoms with Gasteiger partial charge in [-0.25, -0.2) is 24.5 Å². The highest BCUT2D eigenvalue weighted by Crippen LogP contribution is 2.45. The van der Waals surface area contributed by atoms with Crippen molar-refractivity contribution in [3.63, 3.8) is 0 Å². The number of carbonyl (C=O) groups excluding carboxylic acids is 2. The van der Waals surface area contributed by atoms with Gasteiger partial charge in [-0.1, -0.05) is 43.2 Å². The fourth-order valence-electron chi connectivity index (χ4n) is 6.42. The molecule has 4 aliphatic rings. The van der Waals surface area contributed by atoms with Crippen LogP contribution in [0, 0.1) is 0 Å². The molecule has 5 heterocycles. The minimum atomic E-state index is -1.11. The Morgan fingerprint density at radius 3 is 2.50 bits per heavy atom. The van der Waals surface area contributed by atoms with Gasteiger partial charge in [0.15, 0.2) is 35.6 Å². The summed E-state index contributed by atoms with van der Waals surface area (Å²) in [5.74, 6) is -1.27. The van der Waals surface area contributed by atoms with Gasteiger partial charge in [0.05, 0.1) is 6.33 Å². The van der Waals surface area contributed by atoms with E-state index in [0.29, 0.717) is 30.6 Å². The molecule has 3 N–H and O–H groups in total. The summed E-state index contributed by atoms with van der Waals surface area (Å²) >= 11 is 0. The Morgan fingerprint density at radius 2 is 1.71 bits per heavy atom. The van der Waals surface area contributed by atoms with Crippen LogP contribution >= 0.6 is 0 Å². The molecule has 2 aromatic heterocycles. The van der Waals surface area contributed by atoms with Crippen LogP contribution in [0.15, 0.2) is 43.0 Å². The number of fused-ring (bicyclic) bond motifs is 2. The molecule has 220 valence electrons. The van der Waals surface area contributed by atoms with Crippen molar-refractivity contribution in [3.8, 4) is 0 Å². The molecule has 3 aliphatic heterocycles. The van der Waals surface area contributed by atoms with Gasteiger partial charge in [0.2, 0.25) is 0 Å². The number of aromatic nitrogens is 4. The van der Waals surface area contributed by atoms with Crippen molar-refractivity contribution in [2.24, 2.45) is 0 Å². The number of urea groups is 1. The predicted octanol–water partition coefficient (Wildman–Crippen LogP) is 2.35. The molecule has 3 aromatic rings. The Kier molecular flexibility index (Phi) is 6.96. The first-order valence-corrected chi connectivity index (χ1v) is 14.3. The SMILES string of the molecule is O=C(Nc1ncnc2c1ncn2C1O[C@H](C(=O)N2CCCC2C(=O)O)C2OC(c3ccccc3)OC21)NC1CCCC1. The van der Waals surface area contributed by atoms with Gasteiger partial charge in [-0.3, -0.25) is 14.7 Å². The highest BCUT2D eigenvalue weighted by Gasteiger charge is 2.58. The third kappa shape index (κ3) is 4.74. The van der Waals surface area contributed by atoms with Crippen LogP contribution < -0.4 is 10.6 Å². The van der Waals surface area contributed by atoms with E-state index in [4.69, 9.17) is 14.2 Å². The smallest absolute Gasteiger partial charge is 0.326 e. The van der Waals surface area contributed by atoms with Crippen LogP contribution in [-0.2, 0) is 23.8 Å². The molecule has 0 spiro atoms. The van der Waals surface area contributed by atoms with Gasteiger partial charge in [0.1, 0.15) is 24.6 Å². The van der Waals surface area contributed by atoms with Crippen molar-refractivity contribution < 1.29 is 33.7 Å². The summed E-state index contributed by atoms with van der Waals surface area (Å²) < 4.78 is 20.5. The van der Waals surface area contributed by atoms with Gasteiger partial charge < -0.3 is 29.5 Å². The zero-order valence-corrected chi connectivity index (χ0v) is 22.7. The van der Waals surface area contributed by atoms with Crippen LogP contribution in [0.2, 0.25) is 0 Å². The minimum absolute atomic E-state index is 0.131. The monoisotopic (exact) mass is 577 g/mol. The number of aliphatic carboxylic acids is 1. The number of amides is 3. The highest BCUT2D eigenvalue weighted by molar-refractivity contribution is 5.96. The van der Waals surface area contributed by atoms with Crippen molar-refractivity contribution in [1.82, 2.24) is 29.7 Å². The Morgan fingerprint density at radius 1 is 0.929 bits per heavy atom. The molecule has 3 amide bonds. The van der Waals surface area contributed by atoms with E-state index in [1.54, 1.807) is 4.57 Å². The molecule has 3 saturated heterocycles. The van der Waals surface area contributed by atoms with Crippen molar-refractivity contribution in [3.05, 3.63) is 48.5 Å². The van der Waals surface area contributed by atoms with Gasteiger partial charge >= 0.3 is 12.0 Å². The summed E-state index contributed by atoms with van der Waals surface area (Å²) in [6, 6.07) is 8.20. The zero-order valence-electron chi connectivity index (χ0n) is 22.7. The number of nitrogens with one attached hydrogen (secondary N) is 2. The largest absolute Gasteiger partial charge is 0.480 e. The lowest BCUT2D eigenvalue weighted by Crippen LogP contribution is -2.49. The first-order chi connectivity index (χ1) is 20.5. The fourth-order valence-corrected chi connectivity index (χ4v) is 6.42. The van der Waals surface area contributed by atoms with E-state index in [1.807, 2.05) is 30.3 Å². The predicted molar refractivity (Wildman–Crippen MR) is 145 cm³/mol. The molecular weight excluding hydrogens is 546 g/mol. The number of anilines is 1. The zero-order chi connectivity index (χ0) is 28.8. The minimum Gasteiger partial charge on any atom is -0.480 e. The molecule has 1 saturated carbocycles. The number of benzene rings is 1. The standard InChI is InChI=1S/C28H31N7O7/c36-24(34-12-6-11-17(34)26(37)38)20-19-21(42-27(41-19)15-7-2-1-3-8-15)25(40-20)35-14-31-18-22(29-13-30-23(18)35)33-28(39)32-16-9-4-5-10-16/h1-3,7-8,13-14,16-17,19-21,25,27H,4-6,9-12H2,(H,37,38)(H2,29,30,32,33,39)/t17?,19?,20-,21?,25?,27?/m0/s1. The number of imidazole rings is 1. The third-order valence-electron chi connectivity index (χ3n) is 8.44. The summed E-state index contributed by atoms with van der Waals surface area (Å²) in [6.07, 6.45) is 3.58. The number of carbonyl (C=O) groups is 3. The van der Waals surface area contributed by atoms with E-state index < -0.39 is 48.7 Å². The number of rotatable bonds is 6. The van der Waals surface area contributed by atoms with E-state index in [-0.39, 0.29) is 17.9 Å². The molecule has 14 nitrogen and oxygen atoms in total. The van der Waals surface area contributed by atoms with Gasteiger partial charge in [0, 0.05) is 18.2 Å². The summed E-state index contributed by atoms with van der Waals surface area (Å²) in [4.78, 5) is 52.7. The summed E-state index contributed by atoms with van der Waals surface area (Å²) in [5.41, 5.74) is 1.49. The van der Waals surface area contributed by atoms with Crippen molar-refractivity contribution >= 4 is 34.9 Å². The number of hydrogen-bond acceptors (Lipinski definition) is 9. The van der Waals surface area contributed by atoms with E-state index in [9.17, 15) is 19.5 Å². The van der Waals surface area contributed by atoms with Gasteiger partial charge in [-0.15, -0.1) is 0 Å². The average Bonchev–Trinajstić information content (AvgIpc) is 3.81. The quantitative estimate of drug-likeness (QED) is 0.395. The fraction of sp³-hybridized carbons (Fsp3) is 0.500. The van der Waals surface area contributed by atoms with Crippen molar-refractivity contribution in [2.45, 2.75) is 81.4 Å². The molecule has 1 aliphatic carbocycles. The van der Waals surface area contributed by atoms with Crippen molar-refractivity contribution in [1.29, 1.82) is 0 Å². The summed E-state index contributed by atoms with van der Waals surface area (Å²) in [5, 5.41) is 15.4. The number of carboxylic acid groups (broad SMARTS) is 1. The number of nitrogens with zero attached hydrogens (tertiary/aromatic N) is 5. The summed E-state index contributed by atoms with van der Waals surface area (Å²) in [6.45, 7) is 0.319. The van der Waals surface area contributed by atoms with E-state index in [0.717, 1.165) is 31.2 Å². The number of carboxylic acids is 1. The van der Waals surface area contributed by atoms with Crippen LogP contribution in [-0.4, -0.2) is 84.4 Å². The Hall–Kier alpha value is -4.14. The topological polar surface area (TPSA) is 170 Å². The molecule has 0 bridgehead atoms. The highest BCUT2D eigenvalue weighted by atomic mass is 16.8. The molecule has 4 fully saturated rings. The first-order valence-electron chi connectivity index (χ1n) is 14.3. The number of hydrogen-bond donors (Lipinski definition) is 3. The van der Waals surface area contributed by atoms with Crippen LogP contribution in [0.4, 0.5) is 10.6 Å². The first kappa shape index (κ1) is 26.7. The Balaban J connectivity index is 1.18. The average molecular weight is 578 g/mol. The van der Waals surface area contributed by atoms with E-state index >= 15 is 0 Å². The van der Waals surface area contributed by atoms with Crippen molar-refractivity contribution in [2.75, 3.05) is 11.9 Å².